The van der Waals surface area contributed by atoms with Gasteiger partial charge in [0.05, 0.1) is 17.8 Å². The third-order valence-electron chi connectivity index (χ3n) is 5.51. The average Bonchev–Trinajstić information content (AvgIpc) is 3.30. The zero-order chi connectivity index (χ0) is 23.2. The second-order valence-corrected chi connectivity index (χ2v) is 8.57. The molecule has 0 unspecified atom stereocenters. The maximum atomic E-state index is 12.5. The summed E-state index contributed by atoms with van der Waals surface area (Å²) in [5.41, 5.74) is 1.84. The number of anilines is 1. The molecule has 1 aromatic heterocycles. The Hall–Kier alpha value is -3.03. The Morgan fingerprint density at radius 3 is 2.52 bits per heavy atom. The molecular weight excluding hydrogens is 463 g/mol. The minimum absolute atomic E-state index is 0.0125. The fraction of sp³-hybridized carbons (Fsp3) is 0.292. The maximum absolute atomic E-state index is 12.5. The number of piperazine rings is 1. The fourth-order valence-electron chi connectivity index (χ4n) is 3.69. The van der Waals surface area contributed by atoms with Gasteiger partial charge in [-0.05, 0) is 30.3 Å². The van der Waals surface area contributed by atoms with Crippen LogP contribution in [0.2, 0.25) is 10.0 Å². The lowest BCUT2D eigenvalue weighted by molar-refractivity contribution is -0.133. The van der Waals surface area contributed by atoms with Gasteiger partial charge in [-0.15, -0.1) is 0 Å². The zero-order valence-electron chi connectivity index (χ0n) is 18.0. The van der Waals surface area contributed by atoms with Crippen molar-refractivity contribution in [1.29, 1.82) is 0 Å². The van der Waals surface area contributed by atoms with Crippen LogP contribution in [-0.4, -0.2) is 54.4 Å². The number of aryl methyl sites for hydroxylation is 1. The molecule has 172 valence electrons. The summed E-state index contributed by atoms with van der Waals surface area (Å²) in [6.45, 7) is 2.80. The summed E-state index contributed by atoms with van der Waals surface area (Å²) in [4.78, 5) is 32.9. The molecule has 1 aliphatic heterocycles. The third-order valence-corrected chi connectivity index (χ3v) is 6.05. The molecule has 0 atom stereocenters. The van der Waals surface area contributed by atoms with E-state index >= 15 is 0 Å². The Bertz CT molecular complexity index is 1110. The van der Waals surface area contributed by atoms with Gasteiger partial charge >= 0.3 is 0 Å². The van der Waals surface area contributed by atoms with Crippen molar-refractivity contribution in [3.63, 3.8) is 0 Å². The highest BCUT2D eigenvalue weighted by atomic mass is 35.5. The Balaban J connectivity index is 1.19. The lowest BCUT2D eigenvalue weighted by atomic mass is 10.2. The Labute approximate surface area is 202 Å². The number of aromatic nitrogens is 1. The first-order valence-electron chi connectivity index (χ1n) is 10.7. The predicted molar refractivity (Wildman–Crippen MR) is 129 cm³/mol. The Morgan fingerprint density at radius 2 is 1.79 bits per heavy atom. The van der Waals surface area contributed by atoms with E-state index in [1.165, 1.54) is 0 Å². The van der Waals surface area contributed by atoms with Gasteiger partial charge in [-0.1, -0.05) is 41.4 Å². The van der Waals surface area contributed by atoms with Gasteiger partial charge in [0.1, 0.15) is 0 Å². The summed E-state index contributed by atoms with van der Waals surface area (Å²) in [6, 6.07) is 15.2. The van der Waals surface area contributed by atoms with Crippen molar-refractivity contribution in [2.75, 3.05) is 37.6 Å². The van der Waals surface area contributed by atoms with E-state index in [-0.39, 0.29) is 24.8 Å². The monoisotopic (exact) mass is 486 g/mol. The van der Waals surface area contributed by atoms with Crippen LogP contribution in [0.5, 0.6) is 0 Å². The van der Waals surface area contributed by atoms with Gasteiger partial charge in [-0.2, -0.15) is 0 Å². The first-order valence-corrected chi connectivity index (χ1v) is 11.5. The second kappa shape index (κ2) is 10.7. The number of nitrogens with one attached hydrogen (secondary N) is 1. The first kappa shape index (κ1) is 23.1. The van der Waals surface area contributed by atoms with Crippen LogP contribution in [0.4, 0.5) is 5.69 Å². The molecule has 1 aliphatic rings. The number of carbonyl (C=O) groups excluding carboxylic acids is 2. The SMILES string of the molecule is O=C(CCc1ncc(-c2ccc(Cl)cc2Cl)o1)NCC(=O)N1CCN(c2ccccc2)CC1. The lowest BCUT2D eigenvalue weighted by Crippen LogP contribution is -2.51. The van der Waals surface area contributed by atoms with Crippen LogP contribution >= 0.6 is 23.2 Å². The quantitative estimate of drug-likeness (QED) is 0.544. The van der Waals surface area contributed by atoms with Gasteiger partial charge in [-0.3, -0.25) is 9.59 Å². The van der Waals surface area contributed by atoms with E-state index < -0.39 is 0 Å². The Morgan fingerprint density at radius 1 is 1.03 bits per heavy atom. The predicted octanol–water partition coefficient (Wildman–Crippen LogP) is 4.05. The summed E-state index contributed by atoms with van der Waals surface area (Å²) in [6.07, 6.45) is 2.06. The van der Waals surface area contributed by atoms with Crippen molar-refractivity contribution in [1.82, 2.24) is 15.2 Å². The number of oxazole rings is 1. The molecule has 1 N–H and O–H groups in total. The molecule has 0 aliphatic carbocycles. The van der Waals surface area contributed by atoms with Gasteiger partial charge in [0.2, 0.25) is 11.8 Å². The van der Waals surface area contributed by atoms with E-state index in [0.29, 0.717) is 46.8 Å². The van der Waals surface area contributed by atoms with Gasteiger partial charge in [-0.25, -0.2) is 4.98 Å². The maximum Gasteiger partial charge on any atom is 0.242 e. The van der Waals surface area contributed by atoms with Crippen molar-refractivity contribution < 1.29 is 14.0 Å². The van der Waals surface area contributed by atoms with E-state index in [9.17, 15) is 9.59 Å². The standard InChI is InChI=1S/C24H24Cl2N4O3/c25-17-6-7-19(20(26)14-17)21-15-28-23(33-21)9-8-22(31)27-16-24(32)30-12-10-29(11-13-30)18-4-2-1-3-5-18/h1-7,14-15H,8-13,16H2,(H,27,31). The zero-order valence-corrected chi connectivity index (χ0v) is 19.5. The molecule has 0 spiro atoms. The van der Waals surface area contributed by atoms with E-state index in [1.807, 2.05) is 18.2 Å². The Kier molecular flexibility index (Phi) is 7.52. The highest BCUT2D eigenvalue weighted by Crippen LogP contribution is 2.30. The molecular formula is C24H24Cl2N4O3. The van der Waals surface area contributed by atoms with Gasteiger partial charge in [0, 0.05) is 55.3 Å². The van der Waals surface area contributed by atoms with Crippen molar-refractivity contribution in [3.8, 4) is 11.3 Å². The summed E-state index contributed by atoms with van der Waals surface area (Å²) in [7, 11) is 0. The van der Waals surface area contributed by atoms with Crippen molar-refractivity contribution >= 4 is 40.7 Å². The number of nitrogens with zero attached hydrogens (tertiary/aromatic N) is 3. The smallest absolute Gasteiger partial charge is 0.242 e. The molecule has 2 aromatic carbocycles. The normalized spacial score (nSPS) is 13.8. The fourth-order valence-corrected chi connectivity index (χ4v) is 4.19. The highest BCUT2D eigenvalue weighted by molar-refractivity contribution is 6.36. The summed E-state index contributed by atoms with van der Waals surface area (Å²) in [5.74, 6) is 0.633. The molecule has 33 heavy (non-hydrogen) atoms. The lowest BCUT2D eigenvalue weighted by Gasteiger charge is -2.36. The van der Waals surface area contributed by atoms with Crippen LogP contribution in [0.15, 0.2) is 59.1 Å². The van der Waals surface area contributed by atoms with Crippen molar-refractivity contribution in [2.45, 2.75) is 12.8 Å². The van der Waals surface area contributed by atoms with Crippen LogP contribution in [0.25, 0.3) is 11.3 Å². The third kappa shape index (κ3) is 6.06. The van der Waals surface area contributed by atoms with Crippen molar-refractivity contribution in [3.05, 3.63) is 70.7 Å². The molecule has 3 aromatic rings. The van der Waals surface area contributed by atoms with Crippen LogP contribution in [0, 0.1) is 0 Å². The molecule has 2 heterocycles. The molecule has 9 heteroatoms. The number of hydrogen-bond acceptors (Lipinski definition) is 5. The number of benzene rings is 2. The summed E-state index contributed by atoms with van der Waals surface area (Å²) >= 11 is 12.1. The van der Waals surface area contributed by atoms with Crippen LogP contribution < -0.4 is 10.2 Å². The van der Waals surface area contributed by atoms with Crippen LogP contribution in [0.1, 0.15) is 12.3 Å². The van der Waals surface area contributed by atoms with Crippen LogP contribution in [-0.2, 0) is 16.0 Å². The number of halogens is 2. The van der Waals surface area contributed by atoms with Gasteiger partial charge < -0.3 is 19.5 Å². The van der Waals surface area contributed by atoms with Crippen LogP contribution in [0.3, 0.4) is 0 Å². The first-order chi connectivity index (χ1) is 16.0. The molecule has 2 amide bonds. The highest BCUT2D eigenvalue weighted by Gasteiger charge is 2.21. The van der Waals surface area contributed by atoms with E-state index in [0.717, 1.165) is 18.8 Å². The largest absolute Gasteiger partial charge is 0.441 e. The summed E-state index contributed by atoms with van der Waals surface area (Å²) in [5, 5.41) is 3.70. The molecule has 0 bridgehead atoms. The second-order valence-electron chi connectivity index (χ2n) is 7.72. The number of hydrogen-bond donors (Lipinski definition) is 1. The van der Waals surface area contributed by atoms with Gasteiger partial charge in [0.25, 0.3) is 0 Å². The van der Waals surface area contributed by atoms with E-state index in [4.69, 9.17) is 27.6 Å². The van der Waals surface area contributed by atoms with Gasteiger partial charge in [0.15, 0.2) is 11.7 Å². The molecule has 1 fully saturated rings. The molecule has 0 saturated carbocycles. The number of para-hydroxylation sites is 1. The minimum atomic E-state index is -0.226. The average molecular weight is 487 g/mol. The molecule has 4 rings (SSSR count). The number of amides is 2. The topological polar surface area (TPSA) is 78.7 Å². The van der Waals surface area contributed by atoms with E-state index in [1.54, 1.807) is 29.3 Å². The molecule has 0 radical (unpaired) electrons. The van der Waals surface area contributed by atoms with Crippen molar-refractivity contribution in [2.24, 2.45) is 0 Å². The summed E-state index contributed by atoms with van der Waals surface area (Å²) < 4.78 is 5.71. The number of carbonyl (C=O) groups is 2. The number of rotatable bonds is 7. The minimum Gasteiger partial charge on any atom is -0.441 e. The van der Waals surface area contributed by atoms with E-state index in [2.05, 4.69) is 27.3 Å². The molecule has 7 nitrogen and oxygen atoms in total. The molecule has 1 saturated heterocycles.